The quantitative estimate of drug-likeness (QED) is 0.581. The highest BCUT2D eigenvalue weighted by Crippen LogP contribution is 2.34. The molecular weight excluding hydrogens is 370 g/mol. The van der Waals surface area contributed by atoms with E-state index in [1.165, 1.54) is 10.6 Å². The van der Waals surface area contributed by atoms with Gasteiger partial charge in [-0.3, -0.25) is 9.89 Å². The molecule has 3 heterocycles. The highest BCUT2D eigenvalue weighted by atomic mass is 16.6. The molecule has 2 aromatic carbocycles. The maximum absolute atomic E-state index is 12.8. The van der Waals surface area contributed by atoms with Crippen molar-refractivity contribution < 1.29 is 14.2 Å². The fraction of sp³-hybridized carbons (Fsp3) is 0.182. The molecular formula is C22H19N3O4. The molecule has 0 radical (unpaired) electrons. The predicted molar refractivity (Wildman–Crippen MR) is 109 cm³/mol. The van der Waals surface area contributed by atoms with Gasteiger partial charge in [0.2, 0.25) is 0 Å². The van der Waals surface area contributed by atoms with E-state index < -0.39 is 0 Å². The number of fused-ring (bicyclic) bond motifs is 2. The van der Waals surface area contributed by atoms with Crippen LogP contribution in [0.2, 0.25) is 0 Å². The van der Waals surface area contributed by atoms with Gasteiger partial charge in [0.15, 0.2) is 17.1 Å². The zero-order valence-corrected chi connectivity index (χ0v) is 16.1. The standard InChI is InChI=1S/C22H19N3O4/c1-13-21(14-3-6-16(27-2)7-4-14)22-23-17(12-20(26)25(22)24-13)15-5-8-18-19(11-15)29-10-9-28-18/h3-8,11-12,24H,9-10H2,1-2H3. The van der Waals surface area contributed by atoms with Crippen molar-refractivity contribution in [2.45, 2.75) is 6.92 Å². The first kappa shape index (κ1) is 17.4. The molecule has 0 saturated heterocycles. The minimum absolute atomic E-state index is 0.178. The van der Waals surface area contributed by atoms with E-state index in [1.54, 1.807) is 7.11 Å². The maximum atomic E-state index is 12.8. The second-order valence-electron chi connectivity index (χ2n) is 6.84. The van der Waals surface area contributed by atoms with Crippen molar-refractivity contribution in [3.8, 4) is 39.6 Å². The summed E-state index contributed by atoms with van der Waals surface area (Å²) in [7, 11) is 1.63. The molecule has 0 atom stereocenters. The summed E-state index contributed by atoms with van der Waals surface area (Å²) < 4.78 is 18.0. The Bertz CT molecular complexity index is 1270. The normalized spacial score (nSPS) is 12.9. The van der Waals surface area contributed by atoms with Gasteiger partial charge in [-0.2, -0.15) is 0 Å². The number of methoxy groups -OCH3 is 1. The lowest BCUT2D eigenvalue weighted by Gasteiger charge is -2.18. The zero-order valence-electron chi connectivity index (χ0n) is 16.1. The number of aromatic amines is 1. The number of hydrogen-bond donors (Lipinski definition) is 1. The molecule has 4 aromatic rings. The first-order chi connectivity index (χ1) is 14.1. The Morgan fingerprint density at radius 2 is 1.72 bits per heavy atom. The van der Waals surface area contributed by atoms with Crippen LogP contribution in [0.4, 0.5) is 0 Å². The van der Waals surface area contributed by atoms with Crippen LogP contribution in [0.3, 0.4) is 0 Å². The van der Waals surface area contributed by atoms with E-state index in [0.717, 1.165) is 28.1 Å². The molecule has 0 fully saturated rings. The molecule has 0 spiro atoms. The van der Waals surface area contributed by atoms with Gasteiger partial charge in [0, 0.05) is 22.9 Å². The average molecular weight is 389 g/mol. The molecule has 146 valence electrons. The van der Waals surface area contributed by atoms with Crippen LogP contribution in [0, 0.1) is 6.92 Å². The summed E-state index contributed by atoms with van der Waals surface area (Å²) in [6, 6.07) is 14.8. The number of nitrogens with one attached hydrogen (secondary N) is 1. The molecule has 1 N–H and O–H groups in total. The number of hydrogen-bond acceptors (Lipinski definition) is 5. The molecule has 0 bridgehead atoms. The van der Waals surface area contributed by atoms with Crippen molar-refractivity contribution in [2.24, 2.45) is 0 Å². The number of aromatic nitrogens is 3. The van der Waals surface area contributed by atoms with Gasteiger partial charge in [0.25, 0.3) is 5.56 Å². The van der Waals surface area contributed by atoms with E-state index in [9.17, 15) is 4.79 Å². The molecule has 2 aromatic heterocycles. The van der Waals surface area contributed by atoms with Gasteiger partial charge in [0.1, 0.15) is 19.0 Å². The summed E-state index contributed by atoms with van der Waals surface area (Å²) >= 11 is 0. The summed E-state index contributed by atoms with van der Waals surface area (Å²) in [6.45, 7) is 2.97. The molecule has 29 heavy (non-hydrogen) atoms. The minimum Gasteiger partial charge on any atom is -0.497 e. The van der Waals surface area contributed by atoms with Crippen LogP contribution in [0.25, 0.3) is 28.0 Å². The van der Waals surface area contributed by atoms with E-state index in [4.69, 9.17) is 19.2 Å². The molecule has 7 heteroatoms. The Kier molecular flexibility index (Phi) is 4.01. The number of rotatable bonds is 3. The van der Waals surface area contributed by atoms with Crippen LogP contribution >= 0.6 is 0 Å². The fourth-order valence-corrected chi connectivity index (χ4v) is 3.60. The fourth-order valence-electron chi connectivity index (χ4n) is 3.60. The molecule has 7 nitrogen and oxygen atoms in total. The van der Waals surface area contributed by atoms with E-state index >= 15 is 0 Å². The molecule has 1 aliphatic rings. The maximum Gasteiger partial charge on any atom is 0.273 e. The Hall–Kier alpha value is -3.74. The van der Waals surface area contributed by atoms with Gasteiger partial charge in [-0.15, -0.1) is 0 Å². The summed E-state index contributed by atoms with van der Waals surface area (Å²) in [5, 5.41) is 3.12. The van der Waals surface area contributed by atoms with E-state index in [1.807, 2.05) is 49.4 Å². The highest BCUT2D eigenvalue weighted by molar-refractivity contribution is 5.81. The van der Waals surface area contributed by atoms with Crippen molar-refractivity contribution in [3.05, 3.63) is 64.6 Å². The Morgan fingerprint density at radius 3 is 2.48 bits per heavy atom. The Balaban J connectivity index is 1.68. The summed E-state index contributed by atoms with van der Waals surface area (Å²) in [5.74, 6) is 2.14. The monoisotopic (exact) mass is 389 g/mol. The van der Waals surface area contributed by atoms with E-state index in [-0.39, 0.29) is 5.56 Å². The highest BCUT2D eigenvalue weighted by Gasteiger charge is 2.17. The van der Waals surface area contributed by atoms with Crippen molar-refractivity contribution in [1.82, 2.24) is 14.6 Å². The van der Waals surface area contributed by atoms with Crippen LogP contribution in [0.5, 0.6) is 17.2 Å². The Labute approximate surface area is 166 Å². The first-order valence-corrected chi connectivity index (χ1v) is 9.31. The van der Waals surface area contributed by atoms with Gasteiger partial charge in [-0.1, -0.05) is 12.1 Å². The number of H-pyrrole nitrogens is 1. The molecule has 5 rings (SSSR count). The molecule has 1 aliphatic heterocycles. The van der Waals surface area contributed by atoms with Crippen molar-refractivity contribution >= 4 is 5.65 Å². The minimum atomic E-state index is -0.178. The second-order valence-corrected chi connectivity index (χ2v) is 6.84. The van der Waals surface area contributed by atoms with Crippen LogP contribution < -0.4 is 19.8 Å². The van der Waals surface area contributed by atoms with Gasteiger partial charge in [-0.05, 0) is 42.8 Å². The first-order valence-electron chi connectivity index (χ1n) is 9.31. The molecule has 0 saturated carbocycles. The smallest absolute Gasteiger partial charge is 0.273 e. The Morgan fingerprint density at radius 1 is 1.00 bits per heavy atom. The number of aryl methyl sites for hydroxylation is 1. The van der Waals surface area contributed by atoms with Crippen LogP contribution in [0.15, 0.2) is 53.3 Å². The van der Waals surface area contributed by atoms with Crippen molar-refractivity contribution in [3.63, 3.8) is 0 Å². The number of benzene rings is 2. The summed E-state index contributed by atoms with van der Waals surface area (Å²) in [5.41, 5.74) is 4.47. The summed E-state index contributed by atoms with van der Waals surface area (Å²) in [4.78, 5) is 17.6. The predicted octanol–water partition coefficient (Wildman–Crippen LogP) is 3.44. The van der Waals surface area contributed by atoms with Crippen LogP contribution in [-0.2, 0) is 0 Å². The lowest BCUT2D eigenvalue weighted by Crippen LogP contribution is -2.16. The van der Waals surface area contributed by atoms with Crippen LogP contribution in [-0.4, -0.2) is 34.9 Å². The third-order valence-electron chi connectivity index (χ3n) is 5.01. The molecule has 0 aliphatic carbocycles. The average Bonchev–Trinajstić information content (AvgIpc) is 3.10. The van der Waals surface area contributed by atoms with E-state index in [2.05, 4.69) is 5.10 Å². The van der Waals surface area contributed by atoms with Crippen LogP contribution in [0.1, 0.15) is 5.69 Å². The van der Waals surface area contributed by atoms with E-state index in [0.29, 0.717) is 36.1 Å². The molecule has 0 unspecified atom stereocenters. The summed E-state index contributed by atoms with van der Waals surface area (Å²) in [6.07, 6.45) is 0. The zero-order chi connectivity index (χ0) is 20.0. The SMILES string of the molecule is COc1ccc(-c2c(C)[nH]n3c(=O)cc(-c4ccc5c(c4)OCCO5)nc23)cc1. The van der Waals surface area contributed by atoms with Gasteiger partial charge >= 0.3 is 0 Å². The second kappa shape index (κ2) is 6.70. The van der Waals surface area contributed by atoms with Crippen molar-refractivity contribution in [1.29, 1.82) is 0 Å². The largest absolute Gasteiger partial charge is 0.497 e. The molecule has 0 amide bonds. The lowest BCUT2D eigenvalue weighted by atomic mass is 10.1. The third kappa shape index (κ3) is 2.91. The number of ether oxygens (including phenoxy) is 3. The topological polar surface area (TPSA) is 77.9 Å². The van der Waals surface area contributed by atoms with Gasteiger partial charge in [-0.25, -0.2) is 9.50 Å². The van der Waals surface area contributed by atoms with Gasteiger partial charge < -0.3 is 14.2 Å². The van der Waals surface area contributed by atoms with Gasteiger partial charge in [0.05, 0.1) is 12.8 Å². The third-order valence-corrected chi connectivity index (χ3v) is 5.01. The van der Waals surface area contributed by atoms with Crippen molar-refractivity contribution in [2.75, 3.05) is 20.3 Å². The lowest BCUT2D eigenvalue weighted by molar-refractivity contribution is 0.171. The number of nitrogens with zero attached hydrogens (tertiary/aromatic N) is 2.